The first kappa shape index (κ1) is 13.8. The van der Waals surface area contributed by atoms with Crippen LogP contribution in [0.15, 0.2) is 48.5 Å². The Morgan fingerprint density at radius 3 is 2.52 bits per heavy atom. The van der Waals surface area contributed by atoms with Crippen LogP contribution < -0.4 is 0 Å². The number of hydrogen-bond acceptors (Lipinski definition) is 3. The maximum Gasteiger partial charge on any atom is 0.194 e. The van der Waals surface area contributed by atoms with Crippen LogP contribution in [0, 0.1) is 0 Å². The van der Waals surface area contributed by atoms with Gasteiger partial charge in [-0.1, -0.05) is 60.3 Å². The Hall–Kier alpha value is -2.13. The number of thioether (sulfide) groups is 1. The summed E-state index contributed by atoms with van der Waals surface area (Å²) in [6.45, 7) is 1.56. The maximum atomic E-state index is 12.4. The highest BCUT2D eigenvalue weighted by Gasteiger charge is 2.25. The Morgan fingerprint density at radius 1 is 1.05 bits per heavy atom. The Balaban J connectivity index is 1.87. The van der Waals surface area contributed by atoms with Crippen LogP contribution in [0.2, 0.25) is 0 Å². The summed E-state index contributed by atoms with van der Waals surface area (Å²) in [5.74, 6) is 0.745. The van der Waals surface area contributed by atoms with Crippen molar-refractivity contribution in [3.8, 4) is 11.1 Å². The smallest absolute Gasteiger partial charge is 0.194 e. The van der Waals surface area contributed by atoms with Gasteiger partial charge in [-0.2, -0.15) is 0 Å². The quantitative estimate of drug-likeness (QED) is 0.726. The fourth-order valence-corrected chi connectivity index (χ4v) is 2.93. The van der Waals surface area contributed by atoms with E-state index in [4.69, 9.17) is 0 Å². The Bertz CT molecular complexity index is 760. The summed E-state index contributed by atoms with van der Waals surface area (Å²) >= 11 is 1.27. The van der Waals surface area contributed by atoms with Crippen molar-refractivity contribution in [1.29, 1.82) is 0 Å². The van der Waals surface area contributed by atoms with Crippen molar-refractivity contribution >= 4 is 28.7 Å². The normalized spacial score (nSPS) is 12.5. The van der Waals surface area contributed by atoms with Crippen molar-refractivity contribution in [2.45, 2.75) is 6.92 Å². The van der Waals surface area contributed by atoms with Gasteiger partial charge in [-0.15, -0.1) is 0 Å². The molecule has 1 aliphatic carbocycles. The first-order chi connectivity index (χ1) is 10.2. The highest BCUT2D eigenvalue weighted by atomic mass is 32.2. The van der Waals surface area contributed by atoms with Crippen LogP contribution >= 0.6 is 11.8 Å². The molecular weight excluding hydrogens is 280 g/mol. The van der Waals surface area contributed by atoms with Gasteiger partial charge in [-0.05, 0) is 22.8 Å². The minimum Gasteiger partial charge on any atom is -0.289 e. The van der Waals surface area contributed by atoms with Crippen molar-refractivity contribution in [2.75, 3.05) is 5.75 Å². The maximum absolute atomic E-state index is 12.4. The van der Waals surface area contributed by atoms with Gasteiger partial charge in [0.2, 0.25) is 0 Å². The van der Waals surface area contributed by atoms with E-state index < -0.39 is 0 Å². The molecule has 0 aliphatic heterocycles. The van der Waals surface area contributed by atoms with E-state index in [0.29, 0.717) is 5.75 Å². The standard InChI is InChI=1S/C18H14O2S/c1-12(19)21-10-4-5-13-8-9-15-14-6-2-3-7-16(14)18(20)17(15)11-13/h2-9,11H,10H2,1H3. The number of benzene rings is 2. The molecule has 0 atom stereocenters. The lowest BCUT2D eigenvalue weighted by atomic mass is 10.0. The van der Waals surface area contributed by atoms with Crippen molar-refractivity contribution in [1.82, 2.24) is 0 Å². The highest BCUT2D eigenvalue weighted by molar-refractivity contribution is 8.13. The Labute approximate surface area is 127 Å². The molecule has 0 saturated heterocycles. The number of carbonyl (C=O) groups is 2. The van der Waals surface area contributed by atoms with Crippen molar-refractivity contribution in [3.05, 3.63) is 65.2 Å². The van der Waals surface area contributed by atoms with Gasteiger partial charge in [0.1, 0.15) is 0 Å². The van der Waals surface area contributed by atoms with Crippen LogP contribution in [0.1, 0.15) is 28.4 Å². The first-order valence-electron chi connectivity index (χ1n) is 6.75. The van der Waals surface area contributed by atoms with Gasteiger partial charge in [0.05, 0.1) is 0 Å². The van der Waals surface area contributed by atoms with Gasteiger partial charge in [-0.3, -0.25) is 9.59 Å². The summed E-state index contributed by atoms with van der Waals surface area (Å²) < 4.78 is 0. The van der Waals surface area contributed by atoms with Crippen LogP contribution in [0.4, 0.5) is 0 Å². The van der Waals surface area contributed by atoms with E-state index in [9.17, 15) is 9.59 Å². The molecule has 0 fully saturated rings. The molecule has 2 aromatic carbocycles. The van der Waals surface area contributed by atoms with E-state index in [1.54, 1.807) is 6.92 Å². The molecule has 2 nitrogen and oxygen atoms in total. The molecule has 0 radical (unpaired) electrons. The van der Waals surface area contributed by atoms with Crippen LogP contribution in [0.5, 0.6) is 0 Å². The molecule has 1 aliphatic rings. The monoisotopic (exact) mass is 294 g/mol. The third kappa shape index (κ3) is 2.69. The molecule has 21 heavy (non-hydrogen) atoms. The minimum absolute atomic E-state index is 0.0916. The van der Waals surface area contributed by atoms with Crippen LogP contribution in [0.3, 0.4) is 0 Å². The van der Waals surface area contributed by atoms with Gasteiger partial charge >= 0.3 is 0 Å². The Kier molecular flexibility index (Phi) is 3.76. The second-order valence-corrected chi connectivity index (χ2v) is 6.08. The number of carbonyl (C=O) groups excluding carboxylic acids is 2. The highest BCUT2D eigenvalue weighted by Crippen LogP contribution is 2.36. The number of rotatable bonds is 3. The van der Waals surface area contributed by atoms with E-state index in [1.165, 1.54) is 11.8 Å². The van der Waals surface area contributed by atoms with Gasteiger partial charge in [-0.25, -0.2) is 0 Å². The van der Waals surface area contributed by atoms with Gasteiger partial charge in [0.15, 0.2) is 10.9 Å². The summed E-state index contributed by atoms with van der Waals surface area (Å²) in [7, 11) is 0. The molecule has 0 spiro atoms. The molecule has 0 heterocycles. The zero-order valence-corrected chi connectivity index (χ0v) is 12.4. The van der Waals surface area contributed by atoms with E-state index in [2.05, 4.69) is 0 Å². The fourth-order valence-electron chi connectivity index (χ4n) is 2.50. The predicted octanol–water partition coefficient (Wildman–Crippen LogP) is 4.19. The third-order valence-electron chi connectivity index (χ3n) is 3.44. The average Bonchev–Trinajstić information content (AvgIpc) is 2.77. The van der Waals surface area contributed by atoms with Crippen LogP contribution in [0.25, 0.3) is 17.2 Å². The van der Waals surface area contributed by atoms with Crippen molar-refractivity contribution in [3.63, 3.8) is 0 Å². The molecule has 0 amide bonds. The van der Waals surface area contributed by atoms with Crippen LogP contribution in [-0.4, -0.2) is 16.7 Å². The summed E-state index contributed by atoms with van der Waals surface area (Å²) in [5.41, 5.74) is 4.54. The Morgan fingerprint density at radius 2 is 1.76 bits per heavy atom. The number of hydrogen-bond donors (Lipinski definition) is 0. The molecule has 104 valence electrons. The summed E-state index contributed by atoms with van der Waals surface area (Å²) in [5, 5.41) is 0.110. The molecular formula is C18H14O2S. The van der Waals surface area contributed by atoms with Crippen molar-refractivity contribution < 1.29 is 9.59 Å². The molecule has 2 aromatic rings. The minimum atomic E-state index is 0.0916. The molecule has 0 unspecified atom stereocenters. The zero-order chi connectivity index (χ0) is 14.8. The lowest BCUT2D eigenvalue weighted by molar-refractivity contribution is -0.109. The second-order valence-electron chi connectivity index (χ2n) is 4.88. The lowest BCUT2D eigenvalue weighted by Gasteiger charge is -2.00. The second kappa shape index (κ2) is 5.70. The van der Waals surface area contributed by atoms with Gasteiger partial charge < -0.3 is 0 Å². The molecule has 0 saturated carbocycles. The lowest BCUT2D eigenvalue weighted by Crippen LogP contribution is -1.94. The summed E-state index contributed by atoms with van der Waals surface area (Å²) in [4.78, 5) is 23.2. The van der Waals surface area contributed by atoms with E-state index in [-0.39, 0.29) is 10.9 Å². The SMILES string of the molecule is CC(=O)SCC=Cc1ccc2c(c1)C(=O)c1ccccc1-2. The van der Waals surface area contributed by atoms with E-state index >= 15 is 0 Å². The third-order valence-corrected chi connectivity index (χ3v) is 4.21. The zero-order valence-electron chi connectivity index (χ0n) is 11.6. The first-order valence-corrected chi connectivity index (χ1v) is 7.73. The molecule has 0 bridgehead atoms. The number of fused-ring (bicyclic) bond motifs is 3. The summed E-state index contributed by atoms with van der Waals surface area (Å²) in [6, 6.07) is 13.6. The van der Waals surface area contributed by atoms with E-state index in [1.807, 2.05) is 54.6 Å². The average molecular weight is 294 g/mol. The molecule has 3 rings (SSSR count). The van der Waals surface area contributed by atoms with Crippen molar-refractivity contribution in [2.24, 2.45) is 0 Å². The molecule has 0 aromatic heterocycles. The largest absolute Gasteiger partial charge is 0.289 e. The predicted molar refractivity (Wildman–Crippen MR) is 87.5 cm³/mol. The molecule has 0 N–H and O–H groups in total. The summed E-state index contributed by atoms with van der Waals surface area (Å²) in [6.07, 6.45) is 3.90. The van der Waals surface area contributed by atoms with Gasteiger partial charge in [0.25, 0.3) is 0 Å². The topological polar surface area (TPSA) is 34.1 Å². The van der Waals surface area contributed by atoms with E-state index in [0.717, 1.165) is 27.8 Å². The number of ketones is 1. The fraction of sp³-hybridized carbons (Fsp3) is 0.111. The van der Waals surface area contributed by atoms with Gasteiger partial charge in [0, 0.05) is 23.8 Å². The van der Waals surface area contributed by atoms with Crippen LogP contribution in [-0.2, 0) is 4.79 Å². The molecule has 3 heteroatoms.